The van der Waals surface area contributed by atoms with Crippen LogP contribution in [-0.2, 0) is 21.1 Å². The van der Waals surface area contributed by atoms with Gasteiger partial charge in [-0.1, -0.05) is 6.07 Å². The molecule has 1 aromatic carbocycles. The molecule has 3 aromatic heterocycles. The van der Waals surface area contributed by atoms with Gasteiger partial charge in [-0.2, -0.15) is 0 Å². The third-order valence-electron chi connectivity index (χ3n) is 6.47. The lowest BCUT2D eigenvalue weighted by Crippen LogP contribution is -2.24. The van der Waals surface area contributed by atoms with Crippen molar-refractivity contribution in [2.45, 2.75) is 36.4 Å². The maximum absolute atomic E-state index is 14.3. The van der Waals surface area contributed by atoms with E-state index in [1.54, 1.807) is 31.3 Å². The molecule has 1 aliphatic heterocycles. The van der Waals surface area contributed by atoms with Crippen LogP contribution in [0.1, 0.15) is 46.8 Å². The molecule has 0 spiro atoms. The van der Waals surface area contributed by atoms with E-state index in [4.69, 9.17) is 9.47 Å². The number of hydrogen-bond acceptors (Lipinski definition) is 8. The van der Waals surface area contributed by atoms with Gasteiger partial charge in [0.1, 0.15) is 5.69 Å². The van der Waals surface area contributed by atoms with Gasteiger partial charge in [-0.05, 0) is 55.0 Å². The van der Waals surface area contributed by atoms with Gasteiger partial charge in [-0.3, -0.25) is 9.78 Å². The molecular formula is C27H23F3N4O5S. The molecule has 40 heavy (non-hydrogen) atoms. The van der Waals surface area contributed by atoms with Crippen molar-refractivity contribution in [2.75, 3.05) is 13.7 Å². The number of pyridine rings is 3. The number of alkyl halides is 3. The zero-order valence-electron chi connectivity index (χ0n) is 21.3. The van der Waals surface area contributed by atoms with Gasteiger partial charge in [-0.15, -0.1) is 0 Å². The summed E-state index contributed by atoms with van der Waals surface area (Å²) in [6, 6.07) is 11.8. The van der Waals surface area contributed by atoms with Crippen molar-refractivity contribution in [3.63, 3.8) is 0 Å². The van der Waals surface area contributed by atoms with Gasteiger partial charge in [0.2, 0.25) is 21.2 Å². The van der Waals surface area contributed by atoms with Crippen LogP contribution in [0.3, 0.4) is 0 Å². The minimum Gasteiger partial charge on any atom is -0.480 e. The lowest BCUT2D eigenvalue weighted by molar-refractivity contribution is 0.0486. The topological polar surface area (TPSA) is 120 Å². The average Bonchev–Trinajstić information content (AvgIpc) is 3.04. The normalized spacial score (nSPS) is 18.2. The van der Waals surface area contributed by atoms with Gasteiger partial charge in [0.05, 0.1) is 53.7 Å². The second kappa shape index (κ2) is 10.8. The molecule has 1 N–H and O–H groups in total. The Morgan fingerprint density at radius 2 is 1.95 bits per heavy atom. The van der Waals surface area contributed by atoms with Gasteiger partial charge in [-0.25, -0.2) is 31.6 Å². The first kappa shape index (κ1) is 27.5. The van der Waals surface area contributed by atoms with E-state index in [2.05, 4.69) is 20.3 Å². The number of aromatic nitrogens is 3. The number of carbonyl (C=O) groups excluding carboxylic acids is 1. The minimum absolute atomic E-state index is 0.00833. The molecule has 0 saturated heterocycles. The number of methoxy groups -OCH3 is 1. The summed E-state index contributed by atoms with van der Waals surface area (Å²) in [4.78, 5) is 25.4. The third-order valence-corrected chi connectivity index (χ3v) is 8.25. The molecule has 4 aromatic rings. The van der Waals surface area contributed by atoms with Crippen molar-refractivity contribution in [3.05, 3.63) is 77.2 Å². The molecular weight excluding hydrogens is 549 g/mol. The van der Waals surface area contributed by atoms with Crippen molar-refractivity contribution < 1.29 is 35.9 Å². The first-order valence-electron chi connectivity index (χ1n) is 12.1. The van der Waals surface area contributed by atoms with E-state index in [1.807, 2.05) is 0 Å². The van der Waals surface area contributed by atoms with Crippen molar-refractivity contribution in [3.8, 4) is 17.1 Å². The molecule has 9 nitrogen and oxygen atoms in total. The Kier molecular flexibility index (Phi) is 7.43. The lowest BCUT2D eigenvalue weighted by Gasteiger charge is -2.13. The fourth-order valence-electron chi connectivity index (χ4n) is 4.30. The van der Waals surface area contributed by atoms with E-state index in [0.29, 0.717) is 27.9 Å². The number of amides is 1. The smallest absolute Gasteiger partial charge is 0.280 e. The van der Waals surface area contributed by atoms with E-state index in [9.17, 15) is 26.4 Å². The summed E-state index contributed by atoms with van der Waals surface area (Å²) in [7, 11) is -2.99. The number of benzene rings is 1. The number of fused-ring (bicyclic) bond motifs is 2. The number of nitrogens with one attached hydrogen (secondary N) is 1. The number of carbonyl (C=O) groups is 1. The van der Waals surface area contributed by atoms with Crippen LogP contribution in [0.5, 0.6) is 5.88 Å². The van der Waals surface area contributed by atoms with Crippen LogP contribution in [0.15, 0.2) is 59.6 Å². The fraction of sp³-hybridized carbons (Fsp3) is 0.259. The zero-order chi connectivity index (χ0) is 28.6. The van der Waals surface area contributed by atoms with Gasteiger partial charge in [0.15, 0.2) is 0 Å². The predicted molar refractivity (Wildman–Crippen MR) is 138 cm³/mol. The van der Waals surface area contributed by atoms with Crippen LogP contribution >= 0.6 is 0 Å². The van der Waals surface area contributed by atoms with Crippen molar-refractivity contribution in [1.29, 1.82) is 0 Å². The Morgan fingerprint density at radius 3 is 2.70 bits per heavy atom. The van der Waals surface area contributed by atoms with Gasteiger partial charge in [0, 0.05) is 17.1 Å². The van der Waals surface area contributed by atoms with Crippen LogP contribution in [0.25, 0.3) is 22.2 Å². The van der Waals surface area contributed by atoms with Crippen molar-refractivity contribution in [2.24, 2.45) is 0 Å². The standard InChI is InChI=1S/C27H23F3N4O5S/c1-14-18-5-3-15(9-23(18)40(36,37)24(28)13-39-14)26(35)32-12-17-10-22-16(11-31-17)4-7-20(33-22)19-6-8-21(25(29)30)34-27(19)38-2/h3-11,14,24-25H,12-13H2,1-2H3,(H,32,35)/t14-,24+/m0/s1. The Bertz CT molecular complexity index is 1720. The highest BCUT2D eigenvalue weighted by atomic mass is 32.2. The van der Waals surface area contributed by atoms with Crippen LogP contribution in [0.4, 0.5) is 13.2 Å². The molecule has 0 bridgehead atoms. The van der Waals surface area contributed by atoms with Crippen molar-refractivity contribution in [1.82, 2.24) is 20.3 Å². The SMILES string of the molecule is COc1nc(C(F)F)ccc1-c1ccc2cnc(CNC(=O)c3ccc4c(c3)S(=O)(=O)[C@@H](F)CO[C@H]4C)cc2n1. The highest BCUT2D eigenvalue weighted by Gasteiger charge is 2.35. The summed E-state index contributed by atoms with van der Waals surface area (Å²) < 4.78 is 76.1. The molecule has 0 aliphatic carbocycles. The van der Waals surface area contributed by atoms with Crippen LogP contribution in [0.2, 0.25) is 0 Å². The molecule has 1 amide bonds. The quantitative estimate of drug-likeness (QED) is 0.352. The van der Waals surface area contributed by atoms with E-state index < -0.39 is 46.1 Å². The Balaban J connectivity index is 1.38. The minimum atomic E-state index is -4.32. The van der Waals surface area contributed by atoms with Gasteiger partial charge < -0.3 is 14.8 Å². The Labute approximate surface area is 227 Å². The molecule has 0 unspecified atom stereocenters. The summed E-state index contributed by atoms with van der Waals surface area (Å²) in [6.45, 7) is 1.01. The number of rotatable bonds is 6. The zero-order valence-corrected chi connectivity index (χ0v) is 22.1. The van der Waals surface area contributed by atoms with E-state index in [0.717, 1.165) is 6.07 Å². The highest BCUT2D eigenvalue weighted by molar-refractivity contribution is 7.92. The molecule has 0 saturated carbocycles. The summed E-state index contributed by atoms with van der Waals surface area (Å²) in [5.74, 6) is -0.571. The third kappa shape index (κ3) is 5.21. The average molecular weight is 573 g/mol. The van der Waals surface area contributed by atoms with E-state index in [-0.39, 0.29) is 28.4 Å². The second-order valence-electron chi connectivity index (χ2n) is 9.02. The predicted octanol–water partition coefficient (Wildman–Crippen LogP) is 4.73. The molecule has 0 fully saturated rings. The first-order valence-corrected chi connectivity index (χ1v) is 13.6. The summed E-state index contributed by atoms with van der Waals surface area (Å²) in [5.41, 5.74) is -0.479. The Morgan fingerprint density at radius 1 is 1.15 bits per heavy atom. The number of nitrogens with zero attached hydrogens (tertiary/aromatic N) is 3. The summed E-state index contributed by atoms with van der Waals surface area (Å²) in [6.07, 6.45) is -1.83. The molecule has 1 aliphatic rings. The molecule has 208 valence electrons. The molecule has 2 atom stereocenters. The number of sulfone groups is 1. The lowest BCUT2D eigenvalue weighted by atomic mass is 10.1. The van der Waals surface area contributed by atoms with Crippen LogP contribution in [0, 0.1) is 0 Å². The Hall–Kier alpha value is -4.10. The van der Waals surface area contributed by atoms with E-state index in [1.165, 1.54) is 31.4 Å². The maximum atomic E-state index is 14.3. The fourth-order valence-corrected chi connectivity index (χ4v) is 5.69. The maximum Gasteiger partial charge on any atom is 0.280 e. The van der Waals surface area contributed by atoms with Gasteiger partial charge >= 0.3 is 0 Å². The largest absolute Gasteiger partial charge is 0.480 e. The second-order valence-corrected chi connectivity index (χ2v) is 11.1. The monoisotopic (exact) mass is 572 g/mol. The van der Waals surface area contributed by atoms with Crippen LogP contribution < -0.4 is 10.1 Å². The number of ether oxygens (including phenoxy) is 2. The van der Waals surface area contributed by atoms with E-state index >= 15 is 0 Å². The molecule has 0 radical (unpaired) electrons. The van der Waals surface area contributed by atoms with Crippen LogP contribution in [-0.4, -0.2) is 48.5 Å². The van der Waals surface area contributed by atoms with Crippen molar-refractivity contribution >= 4 is 26.6 Å². The number of halogens is 3. The van der Waals surface area contributed by atoms with Gasteiger partial charge in [0.25, 0.3) is 12.3 Å². The first-order chi connectivity index (χ1) is 19.1. The summed E-state index contributed by atoms with van der Waals surface area (Å²) in [5, 5.41) is 3.38. The molecule has 5 rings (SSSR count). The molecule has 4 heterocycles. The highest BCUT2D eigenvalue weighted by Crippen LogP contribution is 2.33. The molecule has 13 heteroatoms. The number of hydrogen-bond donors (Lipinski definition) is 1. The summed E-state index contributed by atoms with van der Waals surface area (Å²) >= 11 is 0.